The van der Waals surface area contributed by atoms with Crippen LogP contribution in [0.3, 0.4) is 0 Å². The van der Waals surface area contributed by atoms with E-state index < -0.39 is 27.6 Å². The van der Waals surface area contributed by atoms with E-state index in [0.29, 0.717) is 11.1 Å². The Bertz CT molecular complexity index is 952. The molecule has 0 aliphatic carbocycles. The van der Waals surface area contributed by atoms with E-state index in [0.717, 1.165) is 11.8 Å². The predicted octanol–water partition coefficient (Wildman–Crippen LogP) is 2.44. The Hall–Kier alpha value is -2.52. The molecule has 1 unspecified atom stereocenters. The molecule has 0 radical (unpaired) electrons. The molecular formula is C17H16F3N3O2S. The number of hydrogen-bond acceptors (Lipinski definition) is 4. The first-order valence-electron chi connectivity index (χ1n) is 7.56. The Morgan fingerprint density at radius 2 is 1.46 bits per heavy atom. The SMILES string of the molecule is Cc1ccc(C2(c3ccc(S(N)(=O)=O)cc3)NC=C(C(F)(F)F)N2)cc1. The summed E-state index contributed by atoms with van der Waals surface area (Å²) in [7, 11) is -3.90. The Morgan fingerprint density at radius 1 is 0.962 bits per heavy atom. The van der Waals surface area contributed by atoms with Gasteiger partial charge in [0.1, 0.15) is 5.70 Å². The van der Waals surface area contributed by atoms with Crippen LogP contribution in [0.25, 0.3) is 0 Å². The van der Waals surface area contributed by atoms with Crippen LogP contribution in [0.4, 0.5) is 13.2 Å². The molecule has 26 heavy (non-hydrogen) atoms. The van der Waals surface area contributed by atoms with Crippen LogP contribution in [0.2, 0.25) is 0 Å². The van der Waals surface area contributed by atoms with Crippen molar-refractivity contribution in [1.29, 1.82) is 0 Å². The van der Waals surface area contributed by atoms with Crippen LogP contribution < -0.4 is 15.8 Å². The van der Waals surface area contributed by atoms with Crippen molar-refractivity contribution < 1.29 is 21.6 Å². The lowest BCUT2D eigenvalue weighted by molar-refractivity contribution is -0.0972. The fraction of sp³-hybridized carbons (Fsp3) is 0.176. The number of aryl methyl sites for hydroxylation is 1. The lowest BCUT2D eigenvalue weighted by Gasteiger charge is -2.33. The van der Waals surface area contributed by atoms with E-state index >= 15 is 0 Å². The number of sulfonamides is 1. The zero-order chi connectivity index (χ0) is 19.2. The monoisotopic (exact) mass is 383 g/mol. The van der Waals surface area contributed by atoms with Gasteiger partial charge in [0.05, 0.1) is 4.90 Å². The summed E-state index contributed by atoms with van der Waals surface area (Å²) in [4.78, 5) is -0.123. The van der Waals surface area contributed by atoms with Gasteiger partial charge in [0.2, 0.25) is 10.0 Å². The van der Waals surface area contributed by atoms with E-state index in [2.05, 4.69) is 10.6 Å². The van der Waals surface area contributed by atoms with Crippen molar-refractivity contribution in [3.05, 3.63) is 77.1 Å². The minimum absolute atomic E-state index is 0.123. The second-order valence-electron chi connectivity index (χ2n) is 6.01. The van der Waals surface area contributed by atoms with E-state index in [9.17, 15) is 21.6 Å². The van der Waals surface area contributed by atoms with E-state index in [1.807, 2.05) is 6.92 Å². The number of primary sulfonamides is 1. The molecule has 0 aromatic heterocycles. The maximum Gasteiger partial charge on any atom is 0.432 e. The number of rotatable bonds is 3. The zero-order valence-corrected chi connectivity index (χ0v) is 14.4. The molecular weight excluding hydrogens is 367 g/mol. The second-order valence-corrected chi connectivity index (χ2v) is 7.57. The number of halogens is 3. The molecule has 2 aromatic rings. The van der Waals surface area contributed by atoms with E-state index in [1.165, 1.54) is 24.3 Å². The maximum absolute atomic E-state index is 13.2. The van der Waals surface area contributed by atoms with Crippen molar-refractivity contribution in [1.82, 2.24) is 10.6 Å². The zero-order valence-electron chi connectivity index (χ0n) is 13.6. The fourth-order valence-corrected chi connectivity index (χ4v) is 3.30. The highest BCUT2D eigenvalue weighted by Gasteiger charge is 2.46. The van der Waals surface area contributed by atoms with Crippen LogP contribution >= 0.6 is 0 Å². The van der Waals surface area contributed by atoms with Gasteiger partial charge >= 0.3 is 6.18 Å². The first kappa shape index (κ1) is 18.3. The van der Waals surface area contributed by atoms with Crippen LogP contribution in [0, 0.1) is 6.92 Å². The normalized spacial score (nSPS) is 20.3. The van der Waals surface area contributed by atoms with Gasteiger partial charge in [-0.1, -0.05) is 42.0 Å². The van der Waals surface area contributed by atoms with Crippen LogP contribution in [0.1, 0.15) is 16.7 Å². The summed E-state index contributed by atoms with van der Waals surface area (Å²) in [6.45, 7) is 1.87. The topological polar surface area (TPSA) is 84.2 Å². The number of hydrogen-bond donors (Lipinski definition) is 3. The Morgan fingerprint density at radius 3 is 1.88 bits per heavy atom. The van der Waals surface area contributed by atoms with Gasteiger partial charge < -0.3 is 10.6 Å². The predicted molar refractivity (Wildman–Crippen MR) is 90.2 cm³/mol. The highest BCUT2D eigenvalue weighted by atomic mass is 32.2. The third-order valence-electron chi connectivity index (χ3n) is 4.16. The third kappa shape index (κ3) is 3.27. The number of benzene rings is 2. The molecule has 9 heteroatoms. The molecule has 2 aromatic carbocycles. The van der Waals surface area contributed by atoms with E-state index in [-0.39, 0.29) is 4.90 Å². The molecule has 0 saturated heterocycles. The van der Waals surface area contributed by atoms with Gasteiger partial charge in [0.15, 0.2) is 5.66 Å². The minimum Gasteiger partial charge on any atom is -0.360 e. The van der Waals surface area contributed by atoms with Gasteiger partial charge in [-0.05, 0) is 19.1 Å². The van der Waals surface area contributed by atoms with Crippen molar-refractivity contribution in [3.63, 3.8) is 0 Å². The molecule has 138 valence electrons. The average Bonchev–Trinajstić information content (AvgIpc) is 3.02. The quantitative estimate of drug-likeness (QED) is 0.760. The first-order valence-corrected chi connectivity index (χ1v) is 9.11. The third-order valence-corrected chi connectivity index (χ3v) is 5.09. The van der Waals surface area contributed by atoms with Gasteiger partial charge in [-0.25, -0.2) is 13.6 Å². The molecule has 1 atom stereocenters. The maximum atomic E-state index is 13.2. The Labute approximate surface area is 148 Å². The smallest absolute Gasteiger partial charge is 0.360 e. The van der Waals surface area contributed by atoms with Gasteiger partial charge in [0.25, 0.3) is 0 Å². The molecule has 5 nitrogen and oxygen atoms in total. The largest absolute Gasteiger partial charge is 0.432 e. The molecule has 1 aliphatic heterocycles. The second kappa shape index (κ2) is 6.03. The van der Waals surface area contributed by atoms with Crippen LogP contribution in [0.5, 0.6) is 0 Å². The first-order chi connectivity index (χ1) is 12.0. The molecule has 0 fully saturated rings. The van der Waals surface area contributed by atoms with Gasteiger partial charge in [-0.3, -0.25) is 0 Å². The summed E-state index contributed by atoms with van der Waals surface area (Å²) < 4.78 is 62.3. The van der Waals surface area contributed by atoms with Gasteiger partial charge in [0, 0.05) is 17.3 Å². The van der Waals surface area contributed by atoms with Gasteiger partial charge in [-0.15, -0.1) is 0 Å². The summed E-state index contributed by atoms with van der Waals surface area (Å²) in [6.07, 6.45) is -3.69. The minimum atomic E-state index is -4.56. The van der Waals surface area contributed by atoms with Crippen molar-refractivity contribution >= 4 is 10.0 Å². The Kier molecular flexibility index (Phi) is 4.24. The number of nitrogens with two attached hydrogens (primary N) is 1. The molecule has 1 heterocycles. The highest BCUT2D eigenvalue weighted by molar-refractivity contribution is 7.89. The number of allylic oxidation sites excluding steroid dienone is 1. The van der Waals surface area contributed by atoms with Crippen LogP contribution in [0.15, 0.2) is 65.3 Å². The molecule has 0 saturated carbocycles. The Balaban J connectivity index is 2.10. The summed E-state index contributed by atoms with van der Waals surface area (Å²) in [5, 5.41) is 10.3. The number of alkyl halides is 3. The van der Waals surface area contributed by atoms with E-state index in [4.69, 9.17) is 5.14 Å². The fourth-order valence-electron chi connectivity index (χ4n) is 2.78. The summed E-state index contributed by atoms with van der Waals surface area (Å²) in [5.74, 6) is 0. The lowest BCUT2D eigenvalue weighted by Crippen LogP contribution is -2.48. The van der Waals surface area contributed by atoms with Crippen LogP contribution in [-0.2, 0) is 15.7 Å². The van der Waals surface area contributed by atoms with Crippen molar-refractivity contribution in [2.24, 2.45) is 5.14 Å². The van der Waals surface area contributed by atoms with Gasteiger partial charge in [-0.2, -0.15) is 13.2 Å². The molecule has 3 rings (SSSR count). The molecule has 0 amide bonds. The summed E-state index contributed by atoms with van der Waals surface area (Å²) >= 11 is 0. The lowest BCUT2D eigenvalue weighted by atomic mass is 9.91. The standard InChI is InChI=1S/C17H16F3N3O2S/c1-11-2-4-12(5-3-11)16(22-10-15(23-16)17(18,19)20)13-6-8-14(9-7-13)26(21,24)25/h2-10,22-23H,1H3,(H2,21,24,25). The molecule has 1 aliphatic rings. The summed E-state index contributed by atoms with van der Waals surface area (Å²) in [6, 6.07) is 12.3. The van der Waals surface area contributed by atoms with Crippen molar-refractivity contribution in [2.75, 3.05) is 0 Å². The van der Waals surface area contributed by atoms with Crippen LogP contribution in [-0.4, -0.2) is 14.6 Å². The highest BCUT2D eigenvalue weighted by Crippen LogP contribution is 2.36. The molecule has 4 N–H and O–H groups in total. The summed E-state index contributed by atoms with van der Waals surface area (Å²) in [5.41, 5.74) is -0.398. The van der Waals surface area contributed by atoms with Crippen molar-refractivity contribution in [3.8, 4) is 0 Å². The average molecular weight is 383 g/mol. The van der Waals surface area contributed by atoms with Crippen molar-refractivity contribution in [2.45, 2.75) is 23.7 Å². The molecule has 0 bridgehead atoms. The van der Waals surface area contributed by atoms with E-state index in [1.54, 1.807) is 24.3 Å². The molecule has 0 spiro atoms. The number of nitrogens with one attached hydrogen (secondary N) is 2.